The van der Waals surface area contributed by atoms with E-state index in [9.17, 15) is 4.79 Å². The third kappa shape index (κ3) is 2.11. The van der Waals surface area contributed by atoms with Crippen LogP contribution >= 0.6 is 0 Å². The number of nitrogens with zero attached hydrogens (tertiary/aromatic N) is 1. The van der Waals surface area contributed by atoms with E-state index in [1.54, 1.807) is 0 Å². The maximum Gasteiger partial charge on any atom is 0.226 e. The number of carbonyl (C=O) groups is 1. The molecular formula is C20H27NO. The van der Waals surface area contributed by atoms with Crippen LogP contribution in [0.1, 0.15) is 63.0 Å². The fourth-order valence-corrected chi connectivity index (χ4v) is 5.07. The van der Waals surface area contributed by atoms with Crippen molar-refractivity contribution >= 4 is 5.91 Å². The summed E-state index contributed by atoms with van der Waals surface area (Å²) in [7, 11) is 0. The van der Waals surface area contributed by atoms with E-state index in [2.05, 4.69) is 36.1 Å². The highest BCUT2D eigenvalue weighted by molar-refractivity contribution is 5.85. The molecule has 1 saturated carbocycles. The minimum Gasteiger partial charge on any atom is -0.339 e. The lowest BCUT2D eigenvalue weighted by atomic mass is 9.78. The SMILES string of the molecule is CCC1CCCCN1C(=O)C1CC12CCCc1ccccc12. The number of carbonyl (C=O) groups excluding carboxylic acids is 1. The summed E-state index contributed by atoms with van der Waals surface area (Å²) in [6.45, 7) is 3.22. The third-order valence-corrected chi connectivity index (χ3v) is 6.38. The lowest BCUT2D eigenvalue weighted by Crippen LogP contribution is -2.45. The Kier molecular flexibility index (Phi) is 3.51. The molecule has 0 radical (unpaired) electrons. The molecule has 3 atom stereocenters. The molecule has 118 valence electrons. The molecular weight excluding hydrogens is 270 g/mol. The van der Waals surface area contributed by atoms with Gasteiger partial charge in [0.25, 0.3) is 0 Å². The largest absolute Gasteiger partial charge is 0.339 e. The van der Waals surface area contributed by atoms with Gasteiger partial charge in [0.05, 0.1) is 0 Å². The van der Waals surface area contributed by atoms with Gasteiger partial charge in [-0.25, -0.2) is 0 Å². The van der Waals surface area contributed by atoms with Crippen LogP contribution in [0.25, 0.3) is 0 Å². The lowest BCUT2D eigenvalue weighted by molar-refractivity contribution is -0.136. The summed E-state index contributed by atoms with van der Waals surface area (Å²) in [5, 5.41) is 0. The van der Waals surface area contributed by atoms with Gasteiger partial charge in [-0.1, -0.05) is 31.2 Å². The van der Waals surface area contributed by atoms with Gasteiger partial charge in [-0.3, -0.25) is 4.79 Å². The third-order valence-electron chi connectivity index (χ3n) is 6.38. The normalized spacial score (nSPS) is 33.6. The zero-order valence-electron chi connectivity index (χ0n) is 13.7. The average Bonchev–Trinajstić information content (AvgIpc) is 3.29. The molecule has 3 aliphatic rings. The van der Waals surface area contributed by atoms with Crippen molar-refractivity contribution in [3.63, 3.8) is 0 Å². The van der Waals surface area contributed by atoms with Crippen LogP contribution in [0.5, 0.6) is 0 Å². The van der Waals surface area contributed by atoms with Crippen LogP contribution in [-0.4, -0.2) is 23.4 Å². The molecule has 1 spiro atoms. The molecule has 22 heavy (non-hydrogen) atoms. The molecule has 0 aromatic heterocycles. The number of fused-ring (bicyclic) bond motifs is 2. The number of hydrogen-bond donors (Lipinski definition) is 0. The number of aryl methyl sites for hydroxylation is 1. The molecule has 1 heterocycles. The van der Waals surface area contributed by atoms with Crippen LogP contribution in [-0.2, 0) is 16.6 Å². The first-order valence-corrected chi connectivity index (χ1v) is 9.15. The molecule has 4 rings (SSSR count). The minimum atomic E-state index is 0.196. The second-order valence-electron chi connectivity index (χ2n) is 7.51. The van der Waals surface area contributed by atoms with E-state index >= 15 is 0 Å². The number of rotatable bonds is 2. The number of benzene rings is 1. The fraction of sp³-hybridized carbons (Fsp3) is 0.650. The second-order valence-corrected chi connectivity index (χ2v) is 7.51. The molecule has 1 aliphatic heterocycles. The van der Waals surface area contributed by atoms with Crippen molar-refractivity contribution in [1.29, 1.82) is 0 Å². The van der Waals surface area contributed by atoms with E-state index in [4.69, 9.17) is 0 Å². The summed E-state index contributed by atoms with van der Waals surface area (Å²) in [4.78, 5) is 15.4. The first-order chi connectivity index (χ1) is 10.8. The smallest absolute Gasteiger partial charge is 0.226 e. The Balaban J connectivity index is 1.58. The number of amides is 1. The van der Waals surface area contributed by atoms with E-state index in [1.807, 2.05) is 0 Å². The van der Waals surface area contributed by atoms with Gasteiger partial charge in [0.1, 0.15) is 0 Å². The number of likely N-dealkylation sites (tertiary alicyclic amines) is 1. The monoisotopic (exact) mass is 297 g/mol. The van der Waals surface area contributed by atoms with Crippen LogP contribution in [0, 0.1) is 5.92 Å². The summed E-state index contributed by atoms with van der Waals surface area (Å²) in [6, 6.07) is 9.36. The predicted molar refractivity (Wildman–Crippen MR) is 88.8 cm³/mol. The van der Waals surface area contributed by atoms with Gasteiger partial charge in [-0.15, -0.1) is 0 Å². The van der Waals surface area contributed by atoms with Crippen molar-refractivity contribution in [3.8, 4) is 0 Å². The first kappa shape index (κ1) is 14.3. The summed E-state index contributed by atoms with van der Waals surface area (Å²) in [5.74, 6) is 0.726. The highest BCUT2D eigenvalue weighted by Crippen LogP contribution is 2.61. The molecule has 2 aliphatic carbocycles. The Morgan fingerprint density at radius 2 is 2.14 bits per heavy atom. The molecule has 1 aromatic carbocycles. The Bertz CT molecular complexity index is 581. The van der Waals surface area contributed by atoms with Crippen LogP contribution in [0.2, 0.25) is 0 Å². The van der Waals surface area contributed by atoms with Crippen molar-refractivity contribution < 1.29 is 4.79 Å². The van der Waals surface area contributed by atoms with Crippen LogP contribution in [0.3, 0.4) is 0 Å². The second kappa shape index (κ2) is 5.40. The number of hydrogen-bond acceptors (Lipinski definition) is 1. The van der Waals surface area contributed by atoms with E-state index in [-0.39, 0.29) is 11.3 Å². The average molecular weight is 297 g/mol. The summed E-state index contributed by atoms with van der Waals surface area (Å²) in [5.41, 5.74) is 3.18. The molecule has 2 fully saturated rings. The quantitative estimate of drug-likeness (QED) is 0.805. The van der Waals surface area contributed by atoms with E-state index in [0.717, 1.165) is 19.4 Å². The van der Waals surface area contributed by atoms with Gasteiger partial charge in [0, 0.05) is 23.9 Å². The van der Waals surface area contributed by atoms with Crippen molar-refractivity contribution in [2.45, 2.75) is 69.7 Å². The standard InChI is InChI=1S/C20H27NO/c1-2-16-10-5-6-13-21(16)19(22)18-14-20(18)12-7-9-15-8-3-4-11-17(15)20/h3-4,8,11,16,18H,2,5-7,9-10,12-14H2,1H3. The number of piperidine rings is 1. The Morgan fingerprint density at radius 1 is 1.27 bits per heavy atom. The Labute approximate surface area is 133 Å². The van der Waals surface area contributed by atoms with Crippen molar-refractivity contribution in [2.75, 3.05) is 6.54 Å². The van der Waals surface area contributed by atoms with Gasteiger partial charge in [-0.05, 0) is 62.5 Å². The van der Waals surface area contributed by atoms with E-state index < -0.39 is 0 Å². The van der Waals surface area contributed by atoms with Crippen LogP contribution in [0.15, 0.2) is 24.3 Å². The highest BCUT2D eigenvalue weighted by atomic mass is 16.2. The zero-order valence-corrected chi connectivity index (χ0v) is 13.7. The lowest BCUT2D eigenvalue weighted by Gasteiger charge is -2.36. The minimum absolute atomic E-state index is 0.196. The van der Waals surface area contributed by atoms with Crippen molar-refractivity contribution in [1.82, 2.24) is 4.90 Å². The molecule has 1 amide bonds. The van der Waals surface area contributed by atoms with E-state index in [0.29, 0.717) is 11.9 Å². The zero-order chi connectivity index (χ0) is 15.2. The fourth-order valence-electron chi connectivity index (χ4n) is 5.07. The summed E-state index contributed by atoms with van der Waals surface area (Å²) < 4.78 is 0. The molecule has 0 N–H and O–H groups in total. The molecule has 2 heteroatoms. The van der Waals surface area contributed by atoms with Gasteiger partial charge >= 0.3 is 0 Å². The van der Waals surface area contributed by atoms with Gasteiger partial charge in [-0.2, -0.15) is 0 Å². The predicted octanol–water partition coefficient (Wildman–Crippen LogP) is 4.07. The molecule has 2 nitrogen and oxygen atoms in total. The molecule has 3 unspecified atom stereocenters. The summed E-state index contributed by atoms with van der Waals surface area (Å²) >= 11 is 0. The highest BCUT2D eigenvalue weighted by Gasteiger charge is 2.61. The Morgan fingerprint density at radius 3 is 3.00 bits per heavy atom. The van der Waals surface area contributed by atoms with Crippen molar-refractivity contribution in [3.05, 3.63) is 35.4 Å². The van der Waals surface area contributed by atoms with Crippen molar-refractivity contribution in [2.24, 2.45) is 5.92 Å². The topological polar surface area (TPSA) is 20.3 Å². The van der Waals surface area contributed by atoms with Crippen LogP contribution < -0.4 is 0 Å². The van der Waals surface area contributed by atoms with Crippen LogP contribution in [0.4, 0.5) is 0 Å². The molecule has 1 saturated heterocycles. The maximum absolute atomic E-state index is 13.1. The maximum atomic E-state index is 13.1. The Hall–Kier alpha value is -1.31. The van der Waals surface area contributed by atoms with Gasteiger partial charge < -0.3 is 4.90 Å². The van der Waals surface area contributed by atoms with E-state index in [1.165, 1.54) is 49.7 Å². The van der Waals surface area contributed by atoms with Gasteiger partial charge in [0.15, 0.2) is 0 Å². The molecule has 1 aromatic rings. The molecule has 0 bridgehead atoms. The first-order valence-electron chi connectivity index (χ1n) is 9.15. The van der Waals surface area contributed by atoms with Gasteiger partial charge in [0.2, 0.25) is 5.91 Å². The summed E-state index contributed by atoms with van der Waals surface area (Å²) in [6.07, 6.45) is 9.55.